The van der Waals surface area contributed by atoms with Gasteiger partial charge in [0.25, 0.3) is 21.8 Å². The summed E-state index contributed by atoms with van der Waals surface area (Å²) in [7, 11) is -6.42. The van der Waals surface area contributed by atoms with Crippen LogP contribution in [0.4, 0.5) is 22.7 Å². The highest BCUT2D eigenvalue weighted by molar-refractivity contribution is 7.91. The lowest BCUT2D eigenvalue weighted by molar-refractivity contribution is -0.121. The Balaban J connectivity index is 0.826. The largest absolute Gasteiger partial charge is 0.497 e. The van der Waals surface area contributed by atoms with E-state index in [-0.39, 0.29) is 40.6 Å². The second-order valence-corrected chi connectivity index (χ2v) is 24.7. The Bertz CT molecular complexity index is 3910. The molecule has 2 unspecified atom stereocenters. The molecule has 0 radical (unpaired) electrons. The van der Waals surface area contributed by atoms with Gasteiger partial charge in [0.15, 0.2) is 0 Å². The Morgan fingerprint density at radius 1 is 0.571 bits per heavy atom. The Kier molecular flexibility index (Phi) is 13.0. The summed E-state index contributed by atoms with van der Waals surface area (Å²) >= 11 is 1.12. The highest BCUT2D eigenvalue weighted by atomic mass is 32.2. The second kappa shape index (κ2) is 20.0. The summed E-state index contributed by atoms with van der Waals surface area (Å²) in [6.07, 6.45) is 3.37. The number of anilines is 4. The first-order valence-electron chi connectivity index (χ1n) is 25.6. The van der Waals surface area contributed by atoms with Crippen molar-refractivity contribution in [3.8, 4) is 16.9 Å². The molecule has 0 bridgehead atoms. The molecule has 4 aliphatic heterocycles. The van der Waals surface area contributed by atoms with Crippen LogP contribution in [0.5, 0.6) is 5.75 Å². The molecule has 8 aromatic rings. The van der Waals surface area contributed by atoms with Crippen molar-refractivity contribution in [2.75, 3.05) is 40.6 Å². The first-order chi connectivity index (χ1) is 37.3. The van der Waals surface area contributed by atoms with Crippen molar-refractivity contribution >= 4 is 99.3 Å². The molecule has 15 nitrogen and oxygen atoms in total. The number of nitrogens with zero attached hydrogens (tertiary/aromatic N) is 4. The van der Waals surface area contributed by atoms with E-state index in [4.69, 9.17) is 4.74 Å². The SMILES string of the molecule is COc1ccc(S(=O)(=O)N2CCCCC2C(=O)Nc2ccc3c4c(cc(-c5ccc(CN6C(=O)c7cccc8c(NC(=O)C9CCCCN9S(=O)(=O)c9cccs9)ccc6c78)cc5)cc24)C(=O)N3Cc2ccccc2)cc1. The molecule has 2 atom stereocenters. The summed E-state index contributed by atoms with van der Waals surface area (Å²) < 4.78 is 63.5. The number of piperidine rings is 2. The van der Waals surface area contributed by atoms with E-state index in [1.807, 2.05) is 84.9 Å². The molecule has 77 heavy (non-hydrogen) atoms. The lowest BCUT2D eigenvalue weighted by atomic mass is 9.95. The standard InChI is InChI=1S/C59H52N6O9S3/c1-74-41-22-24-42(25-23-41)76(70,71)64-30-7-5-15-51(64)56(66)61-48-27-29-50-55-45(48)33-40(34-46(55)59(69)63(50)35-37-11-3-2-4-12-37)39-20-18-38(19-21-39)36-62-49-28-26-47(43-13-9-14-44(54(43)49)58(62)68)60-57(67)52-16-6-8-31-65(52)77(72,73)53-17-10-32-75-53/h2-4,9-14,17-29,32-34,51-52H,5-8,15-16,30-31,35-36H2,1H3,(H,60,67)(H,61,66). The number of carbonyl (C=O) groups is 4. The summed E-state index contributed by atoms with van der Waals surface area (Å²) in [4.78, 5) is 60.7. The van der Waals surface area contributed by atoms with Gasteiger partial charge in [0.1, 0.15) is 22.0 Å². The zero-order valence-corrected chi connectivity index (χ0v) is 44.3. The molecular weight excluding hydrogens is 1030 g/mol. The minimum absolute atomic E-state index is 0.0669. The number of benzene rings is 7. The molecule has 0 saturated carbocycles. The molecule has 2 saturated heterocycles. The van der Waals surface area contributed by atoms with Crippen molar-refractivity contribution < 1.29 is 40.8 Å². The summed E-state index contributed by atoms with van der Waals surface area (Å²) in [5, 5.41) is 10.5. The van der Waals surface area contributed by atoms with Crippen LogP contribution in [0.15, 0.2) is 160 Å². The van der Waals surface area contributed by atoms with Crippen molar-refractivity contribution in [1.82, 2.24) is 8.61 Å². The average Bonchev–Trinajstić information content (AvgIpc) is 4.34. The molecule has 1 aromatic heterocycles. The van der Waals surface area contributed by atoms with Gasteiger partial charge >= 0.3 is 0 Å². The van der Waals surface area contributed by atoms with Crippen LogP contribution >= 0.6 is 11.3 Å². The highest BCUT2D eigenvalue weighted by Crippen LogP contribution is 2.45. The Morgan fingerprint density at radius 3 is 1.77 bits per heavy atom. The maximum absolute atomic E-state index is 14.5. The third-order valence-electron chi connectivity index (χ3n) is 15.2. The maximum Gasteiger partial charge on any atom is 0.259 e. The molecule has 18 heteroatoms. The third-order valence-corrected chi connectivity index (χ3v) is 20.4. The van der Waals surface area contributed by atoms with E-state index in [0.717, 1.165) is 28.0 Å². The normalized spacial score (nSPS) is 17.8. The molecular formula is C59H52N6O9S3. The predicted octanol–water partition coefficient (Wildman–Crippen LogP) is 10.4. The topological polar surface area (TPSA) is 183 Å². The molecule has 0 spiro atoms. The zero-order valence-electron chi connectivity index (χ0n) is 41.8. The Morgan fingerprint density at radius 2 is 1.16 bits per heavy atom. The third kappa shape index (κ3) is 8.92. The van der Waals surface area contributed by atoms with E-state index < -0.39 is 43.9 Å². The molecule has 390 valence electrons. The van der Waals surface area contributed by atoms with Crippen molar-refractivity contribution in [2.45, 2.75) is 72.8 Å². The molecule has 7 aromatic carbocycles. The molecule has 12 rings (SSSR count). The quantitative estimate of drug-likeness (QED) is 0.107. The molecule has 5 heterocycles. The van der Waals surface area contributed by atoms with Gasteiger partial charge in [0.05, 0.1) is 42.0 Å². The lowest BCUT2D eigenvalue weighted by Crippen LogP contribution is -2.49. The van der Waals surface area contributed by atoms with Crippen LogP contribution in [0.2, 0.25) is 0 Å². The monoisotopic (exact) mass is 1080 g/mol. The van der Waals surface area contributed by atoms with Crippen LogP contribution in [0.3, 0.4) is 0 Å². The van der Waals surface area contributed by atoms with E-state index in [1.54, 1.807) is 63.7 Å². The Labute approximate surface area is 449 Å². The lowest BCUT2D eigenvalue weighted by Gasteiger charge is -2.33. The minimum atomic E-state index is -4.05. The fraction of sp³-hybridized carbons (Fsp3) is 0.220. The number of amides is 4. The summed E-state index contributed by atoms with van der Waals surface area (Å²) in [6.45, 7) is 0.982. The number of hydrogen-bond donors (Lipinski definition) is 2. The zero-order chi connectivity index (χ0) is 53.2. The van der Waals surface area contributed by atoms with Gasteiger partial charge in [-0.05, 0) is 126 Å². The number of hydrogen-bond acceptors (Lipinski definition) is 10. The van der Waals surface area contributed by atoms with Gasteiger partial charge in [-0.2, -0.15) is 8.61 Å². The van der Waals surface area contributed by atoms with Gasteiger partial charge in [-0.3, -0.25) is 19.2 Å². The van der Waals surface area contributed by atoms with Gasteiger partial charge in [-0.15, -0.1) is 11.3 Å². The number of nitrogens with one attached hydrogen (secondary N) is 2. The smallest absolute Gasteiger partial charge is 0.259 e. The van der Waals surface area contributed by atoms with Crippen molar-refractivity contribution in [3.05, 3.63) is 173 Å². The molecule has 4 aliphatic rings. The number of thiophene rings is 1. The Hall–Kier alpha value is -7.74. The van der Waals surface area contributed by atoms with E-state index in [2.05, 4.69) is 10.6 Å². The van der Waals surface area contributed by atoms with Crippen molar-refractivity contribution in [3.63, 3.8) is 0 Å². The van der Waals surface area contributed by atoms with Gasteiger partial charge in [0.2, 0.25) is 21.8 Å². The number of carbonyl (C=O) groups excluding carboxylic acids is 4. The van der Waals surface area contributed by atoms with Crippen LogP contribution in [-0.4, -0.2) is 81.4 Å². The van der Waals surface area contributed by atoms with E-state index in [0.29, 0.717) is 112 Å². The molecule has 0 aliphatic carbocycles. The van der Waals surface area contributed by atoms with Crippen LogP contribution in [0, 0.1) is 0 Å². The first kappa shape index (κ1) is 50.1. The van der Waals surface area contributed by atoms with E-state index in [9.17, 15) is 36.0 Å². The van der Waals surface area contributed by atoms with Crippen molar-refractivity contribution in [1.29, 1.82) is 0 Å². The predicted molar refractivity (Wildman–Crippen MR) is 298 cm³/mol. The minimum Gasteiger partial charge on any atom is -0.497 e. The fourth-order valence-electron chi connectivity index (χ4n) is 11.4. The number of sulfonamides is 2. The summed E-state index contributed by atoms with van der Waals surface area (Å²) in [6, 6.07) is 41.4. The molecule has 2 N–H and O–H groups in total. The van der Waals surface area contributed by atoms with Gasteiger partial charge in [-0.25, -0.2) is 16.8 Å². The second-order valence-electron chi connectivity index (χ2n) is 19.7. The van der Waals surface area contributed by atoms with Crippen LogP contribution in [-0.2, 0) is 42.7 Å². The summed E-state index contributed by atoms with van der Waals surface area (Å²) in [5.74, 6) is -0.771. The number of ether oxygens (including phenoxy) is 1. The van der Waals surface area contributed by atoms with Gasteiger partial charge in [0, 0.05) is 51.6 Å². The molecule has 4 amide bonds. The van der Waals surface area contributed by atoms with Crippen LogP contribution in [0.1, 0.15) is 70.4 Å². The van der Waals surface area contributed by atoms with Gasteiger partial charge < -0.3 is 25.2 Å². The summed E-state index contributed by atoms with van der Waals surface area (Å²) in [5.41, 5.74) is 6.53. The number of rotatable bonds is 14. The van der Waals surface area contributed by atoms with E-state index in [1.165, 1.54) is 27.9 Å². The van der Waals surface area contributed by atoms with Gasteiger partial charge in [-0.1, -0.05) is 85.6 Å². The van der Waals surface area contributed by atoms with Crippen LogP contribution < -0.4 is 25.2 Å². The molecule has 2 fully saturated rings. The van der Waals surface area contributed by atoms with Crippen molar-refractivity contribution in [2.24, 2.45) is 0 Å². The average molecular weight is 1090 g/mol. The number of methoxy groups -OCH3 is 1. The van der Waals surface area contributed by atoms with Crippen LogP contribution in [0.25, 0.3) is 32.7 Å². The maximum atomic E-state index is 14.5. The first-order valence-corrected chi connectivity index (χ1v) is 29.3. The van der Waals surface area contributed by atoms with E-state index >= 15 is 0 Å². The highest BCUT2D eigenvalue weighted by Gasteiger charge is 2.41. The fourth-order valence-corrected chi connectivity index (χ4v) is 15.8.